The molecule has 0 fully saturated rings. The monoisotopic (exact) mass is 310 g/mol. The van der Waals surface area contributed by atoms with Gasteiger partial charge in [0.1, 0.15) is 11.5 Å². The predicted octanol–water partition coefficient (Wildman–Crippen LogP) is 4.31. The second-order valence-corrected chi connectivity index (χ2v) is 6.70. The Morgan fingerprint density at radius 3 is 2.43 bits per heavy atom. The summed E-state index contributed by atoms with van der Waals surface area (Å²) in [6.07, 6.45) is 1.06. The van der Waals surface area contributed by atoms with Crippen molar-refractivity contribution in [1.82, 2.24) is 4.90 Å². The first-order valence-corrected chi connectivity index (χ1v) is 8.34. The molecule has 0 amide bonds. The fourth-order valence-electron chi connectivity index (χ4n) is 3.07. The molecule has 0 aliphatic carbocycles. The van der Waals surface area contributed by atoms with Gasteiger partial charge in [0, 0.05) is 44.5 Å². The van der Waals surface area contributed by atoms with E-state index in [2.05, 4.69) is 54.0 Å². The van der Waals surface area contributed by atoms with Crippen molar-refractivity contribution in [3.8, 4) is 11.5 Å². The lowest BCUT2D eigenvalue weighted by atomic mass is 9.98. The summed E-state index contributed by atoms with van der Waals surface area (Å²) in [7, 11) is 4.09. The third kappa shape index (κ3) is 3.50. The zero-order chi connectivity index (χ0) is 16.4. The molecule has 23 heavy (non-hydrogen) atoms. The normalized spacial score (nSPS) is 14.7. The van der Waals surface area contributed by atoms with Gasteiger partial charge >= 0.3 is 0 Å². The van der Waals surface area contributed by atoms with Crippen LogP contribution < -0.4 is 9.64 Å². The van der Waals surface area contributed by atoms with Crippen molar-refractivity contribution >= 4 is 5.69 Å². The van der Waals surface area contributed by atoms with Gasteiger partial charge in [-0.2, -0.15) is 0 Å². The van der Waals surface area contributed by atoms with E-state index in [0.29, 0.717) is 6.04 Å². The highest BCUT2D eigenvalue weighted by Gasteiger charge is 2.21. The number of nitrogens with zero attached hydrogens (tertiary/aromatic N) is 2. The van der Waals surface area contributed by atoms with Crippen molar-refractivity contribution in [3.05, 3.63) is 53.6 Å². The molecule has 1 aliphatic rings. The summed E-state index contributed by atoms with van der Waals surface area (Å²) < 4.78 is 6.17. The van der Waals surface area contributed by atoms with Crippen LogP contribution in [0.1, 0.15) is 25.0 Å². The number of ether oxygens (including phenoxy) is 1. The van der Waals surface area contributed by atoms with Crippen molar-refractivity contribution in [3.63, 3.8) is 0 Å². The highest BCUT2D eigenvalue weighted by molar-refractivity contribution is 5.49. The lowest BCUT2D eigenvalue weighted by molar-refractivity contribution is 0.202. The molecule has 0 saturated heterocycles. The largest absolute Gasteiger partial charge is 0.457 e. The quantitative estimate of drug-likeness (QED) is 0.837. The van der Waals surface area contributed by atoms with Crippen LogP contribution in [0.4, 0.5) is 5.69 Å². The number of benzene rings is 2. The van der Waals surface area contributed by atoms with Gasteiger partial charge in [-0.05, 0) is 56.2 Å². The van der Waals surface area contributed by atoms with Gasteiger partial charge in [-0.25, -0.2) is 0 Å². The maximum absolute atomic E-state index is 6.17. The van der Waals surface area contributed by atoms with Crippen LogP contribution >= 0.6 is 0 Å². The molecule has 2 aromatic carbocycles. The van der Waals surface area contributed by atoms with Gasteiger partial charge in [0.2, 0.25) is 0 Å². The molecule has 122 valence electrons. The lowest BCUT2D eigenvalue weighted by Gasteiger charge is -2.32. The smallest absolute Gasteiger partial charge is 0.130 e. The molecule has 0 saturated carbocycles. The van der Waals surface area contributed by atoms with Crippen LogP contribution in [0.5, 0.6) is 11.5 Å². The van der Waals surface area contributed by atoms with Gasteiger partial charge in [-0.3, -0.25) is 4.90 Å². The summed E-state index contributed by atoms with van der Waals surface area (Å²) in [5.41, 5.74) is 3.94. The Morgan fingerprint density at radius 2 is 1.78 bits per heavy atom. The minimum atomic E-state index is 0.589. The maximum Gasteiger partial charge on any atom is 0.130 e. The highest BCUT2D eigenvalue weighted by Crippen LogP contribution is 2.32. The number of fused-ring (bicyclic) bond motifs is 1. The van der Waals surface area contributed by atoms with E-state index in [9.17, 15) is 0 Å². The average Bonchev–Trinajstić information content (AvgIpc) is 2.55. The Balaban J connectivity index is 1.80. The molecule has 1 heterocycles. The fraction of sp³-hybridized carbons (Fsp3) is 0.400. The van der Waals surface area contributed by atoms with Crippen LogP contribution in [0.15, 0.2) is 42.5 Å². The Morgan fingerprint density at radius 1 is 1.04 bits per heavy atom. The van der Waals surface area contributed by atoms with E-state index in [1.807, 2.05) is 26.2 Å². The Kier molecular flexibility index (Phi) is 4.58. The molecule has 0 radical (unpaired) electrons. The van der Waals surface area contributed by atoms with E-state index in [4.69, 9.17) is 4.74 Å². The summed E-state index contributed by atoms with van der Waals surface area (Å²) >= 11 is 0. The molecular formula is C20H26N2O. The molecule has 3 rings (SSSR count). The van der Waals surface area contributed by atoms with E-state index in [0.717, 1.165) is 31.0 Å². The average molecular weight is 310 g/mol. The predicted molar refractivity (Wildman–Crippen MR) is 96.5 cm³/mol. The third-order valence-electron chi connectivity index (χ3n) is 4.56. The summed E-state index contributed by atoms with van der Waals surface area (Å²) in [4.78, 5) is 4.60. The SMILES string of the molecule is CC(C)N1CCc2c(cccc2Oc2ccc(N(C)C)cc2)C1. The first-order valence-electron chi connectivity index (χ1n) is 8.34. The molecular weight excluding hydrogens is 284 g/mol. The van der Waals surface area contributed by atoms with Crippen LogP contribution in [0.3, 0.4) is 0 Å². The number of rotatable bonds is 4. The van der Waals surface area contributed by atoms with E-state index in [1.165, 1.54) is 16.8 Å². The van der Waals surface area contributed by atoms with Gasteiger partial charge in [0.15, 0.2) is 0 Å². The zero-order valence-electron chi connectivity index (χ0n) is 14.5. The first kappa shape index (κ1) is 15.9. The van der Waals surface area contributed by atoms with Crippen molar-refractivity contribution in [2.24, 2.45) is 0 Å². The first-order chi connectivity index (χ1) is 11.0. The minimum Gasteiger partial charge on any atom is -0.457 e. The molecule has 0 N–H and O–H groups in total. The van der Waals surface area contributed by atoms with Gasteiger partial charge in [-0.1, -0.05) is 12.1 Å². The molecule has 0 bridgehead atoms. The lowest BCUT2D eigenvalue weighted by Crippen LogP contribution is -2.35. The van der Waals surface area contributed by atoms with E-state index < -0.39 is 0 Å². The van der Waals surface area contributed by atoms with Crippen LogP contribution in [0.25, 0.3) is 0 Å². The summed E-state index contributed by atoms with van der Waals surface area (Å²) in [6, 6.07) is 15.3. The van der Waals surface area contributed by atoms with E-state index in [1.54, 1.807) is 0 Å². The van der Waals surface area contributed by atoms with Crippen LogP contribution in [0.2, 0.25) is 0 Å². The van der Waals surface area contributed by atoms with Crippen LogP contribution in [0, 0.1) is 0 Å². The molecule has 0 atom stereocenters. The van der Waals surface area contributed by atoms with Gasteiger partial charge < -0.3 is 9.64 Å². The summed E-state index contributed by atoms with van der Waals surface area (Å²) in [5.74, 6) is 1.90. The van der Waals surface area contributed by atoms with Crippen molar-refractivity contribution < 1.29 is 4.74 Å². The molecule has 2 aromatic rings. The Bertz CT molecular complexity index is 662. The molecule has 0 unspecified atom stereocenters. The molecule has 0 aromatic heterocycles. The Hall–Kier alpha value is -2.00. The number of hydrogen-bond acceptors (Lipinski definition) is 3. The van der Waals surface area contributed by atoms with Crippen molar-refractivity contribution in [1.29, 1.82) is 0 Å². The van der Waals surface area contributed by atoms with Gasteiger partial charge in [-0.15, -0.1) is 0 Å². The Labute approximate surface area is 139 Å². The number of anilines is 1. The van der Waals surface area contributed by atoms with Crippen LogP contribution in [-0.4, -0.2) is 31.6 Å². The second kappa shape index (κ2) is 6.63. The third-order valence-corrected chi connectivity index (χ3v) is 4.56. The molecule has 3 heteroatoms. The summed E-state index contributed by atoms with van der Waals surface area (Å²) in [5, 5.41) is 0. The maximum atomic E-state index is 6.17. The standard InChI is InChI=1S/C20H26N2O/c1-15(2)22-13-12-19-16(14-22)6-5-7-20(19)23-18-10-8-17(9-11-18)21(3)4/h5-11,15H,12-14H2,1-4H3. The van der Waals surface area contributed by atoms with E-state index in [-0.39, 0.29) is 0 Å². The van der Waals surface area contributed by atoms with Gasteiger partial charge in [0.25, 0.3) is 0 Å². The molecule has 3 nitrogen and oxygen atoms in total. The zero-order valence-corrected chi connectivity index (χ0v) is 14.5. The second-order valence-electron chi connectivity index (χ2n) is 6.70. The summed E-state index contributed by atoms with van der Waals surface area (Å²) in [6.45, 7) is 6.64. The molecule has 0 spiro atoms. The van der Waals surface area contributed by atoms with Crippen LogP contribution in [-0.2, 0) is 13.0 Å². The van der Waals surface area contributed by atoms with E-state index >= 15 is 0 Å². The highest BCUT2D eigenvalue weighted by atomic mass is 16.5. The fourth-order valence-corrected chi connectivity index (χ4v) is 3.07. The minimum absolute atomic E-state index is 0.589. The topological polar surface area (TPSA) is 15.7 Å². The van der Waals surface area contributed by atoms with Crippen molar-refractivity contribution in [2.45, 2.75) is 32.9 Å². The van der Waals surface area contributed by atoms with Crippen molar-refractivity contribution in [2.75, 3.05) is 25.5 Å². The number of hydrogen-bond donors (Lipinski definition) is 0. The van der Waals surface area contributed by atoms with Gasteiger partial charge in [0.05, 0.1) is 0 Å². The molecule has 1 aliphatic heterocycles.